The highest BCUT2D eigenvalue weighted by molar-refractivity contribution is 6.21. The normalized spacial score (nSPS) is 30.5. The highest BCUT2D eigenvalue weighted by atomic mass is 35.5. The molecule has 0 heterocycles. The van der Waals surface area contributed by atoms with Crippen molar-refractivity contribution < 1.29 is 8.78 Å². The van der Waals surface area contributed by atoms with Crippen LogP contribution in [0.4, 0.5) is 8.78 Å². The second kappa shape index (κ2) is 5.76. The number of alkyl halides is 3. The van der Waals surface area contributed by atoms with Crippen LogP contribution in [0.2, 0.25) is 0 Å². The van der Waals surface area contributed by atoms with E-state index in [0.717, 1.165) is 25.7 Å². The first-order valence-electron chi connectivity index (χ1n) is 4.85. The van der Waals surface area contributed by atoms with Crippen LogP contribution in [0, 0.1) is 0 Å². The van der Waals surface area contributed by atoms with Gasteiger partial charge in [-0.2, -0.15) is 0 Å². The van der Waals surface area contributed by atoms with Gasteiger partial charge in [-0.1, -0.05) is 19.3 Å². The van der Waals surface area contributed by atoms with Crippen molar-refractivity contribution in [3.05, 3.63) is 0 Å². The van der Waals surface area contributed by atoms with E-state index < -0.39 is 6.43 Å². The number of hydrogen-bond donors (Lipinski definition) is 1. The lowest BCUT2D eigenvalue weighted by atomic mass is 10.1. The molecule has 0 aromatic rings. The smallest absolute Gasteiger partial charge is 0.250 e. The van der Waals surface area contributed by atoms with E-state index in [1.54, 1.807) is 0 Å². The number of rotatable bonds is 3. The highest BCUT2D eigenvalue weighted by Crippen LogP contribution is 2.22. The third-order valence-electron chi connectivity index (χ3n) is 2.47. The average molecular weight is 212 g/mol. The molecular weight excluding hydrogens is 196 g/mol. The van der Waals surface area contributed by atoms with Crippen LogP contribution < -0.4 is 5.32 Å². The van der Waals surface area contributed by atoms with E-state index in [1.807, 2.05) is 0 Å². The first kappa shape index (κ1) is 11.2. The van der Waals surface area contributed by atoms with E-state index >= 15 is 0 Å². The van der Waals surface area contributed by atoms with Crippen molar-refractivity contribution in [1.29, 1.82) is 0 Å². The minimum Gasteiger partial charge on any atom is -0.307 e. The molecule has 1 N–H and O–H groups in total. The van der Waals surface area contributed by atoms with Gasteiger partial charge in [-0.15, -0.1) is 11.6 Å². The van der Waals surface area contributed by atoms with Crippen LogP contribution in [0.1, 0.15) is 32.1 Å². The van der Waals surface area contributed by atoms with Crippen molar-refractivity contribution in [2.45, 2.75) is 49.9 Å². The Morgan fingerprint density at radius 1 is 1.23 bits per heavy atom. The minimum absolute atomic E-state index is 0.0289. The van der Waals surface area contributed by atoms with Crippen LogP contribution in [0.3, 0.4) is 0 Å². The van der Waals surface area contributed by atoms with Crippen LogP contribution in [0.25, 0.3) is 0 Å². The molecule has 1 aliphatic rings. The van der Waals surface area contributed by atoms with E-state index in [0.29, 0.717) is 0 Å². The Balaban J connectivity index is 2.27. The summed E-state index contributed by atoms with van der Waals surface area (Å²) in [5.74, 6) is 0. The van der Waals surface area contributed by atoms with Gasteiger partial charge in [0, 0.05) is 11.4 Å². The predicted octanol–water partition coefficient (Wildman–Crippen LogP) is 2.78. The Labute approximate surface area is 82.8 Å². The Kier molecular flexibility index (Phi) is 4.96. The van der Waals surface area contributed by atoms with E-state index in [-0.39, 0.29) is 18.0 Å². The second-order valence-corrected chi connectivity index (χ2v) is 4.12. The van der Waals surface area contributed by atoms with Gasteiger partial charge in [0.15, 0.2) is 0 Å². The summed E-state index contributed by atoms with van der Waals surface area (Å²) in [6.07, 6.45) is 3.01. The van der Waals surface area contributed by atoms with Crippen molar-refractivity contribution >= 4 is 11.6 Å². The Morgan fingerprint density at radius 3 is 2.62 bits per heavy atom. The summed E-state index contributed by atoms with van der Waals surface area (Å²) in [5.41, 5.74) is 0. The summed E-state index contributed by atoms with van der Waals surface area (Å²) in [6.45, 7) is -0.228. The topological polar surface area (TPSA) is 12.0 Å². The fourth-order valence-electron chi connectivity index (χ4n) is 1.73. The summed E-state index contributed by atoms with van der Waals surface area (Å²) < 4.78 is 23.8. The van der Waals surface area contributed by atoms with Gasteiger partial charge in [0.2, 0.25) is 0 Å². The lowest BCUT2D eigenvalue weighted by Crippen LogP contribution is -2.38. The Morgan fingerprint density at radius 2 is 1.92 bits per heavy atom. The lowest BCUT2D eigenvalue weighted by molar-refractivity contribution is 0.140. The van der Waals surface area contributed by atoms with Gasteiger partial charge in [0.05, 0.1) is 6.54 Å². The Bertz CT molecular complexity index is 144. The maximum Gasteiger partial charge on any atom is 0.250 e. The van der Waals surface area contributed by atoms with Gasteiger partial charge < -0.3 is 5.32 Å². The van der Waals surface area contributed by atoms with E-state index in [9.17, 15) is 8.78 Å². The van der Waals surface area contributed by atoms with Gasteiger partial charge in [-0.25, -0.2) is 8.78 Å². The van der Waals surface area contributed by atoms with Gasteiger partial charge >= 0.3 is 0 Å². The number of halogens is 3. The molecule has 1 aliphatic carbocycles. The SMILES string of the molecule is FC(F)CNC1CCCCCC1Cl. The first-order chi connectivity index (χ1) is 6.20. The van der Waals surface area contributed by atoms with Crippen molar-refractivity contribution in [2.24, 2.45) is 0 Å². The van der Waals surface area contributed by atoms with Crippen LogP contribution in [-0.4, -0.2) is 24.4 Å². The van der Waals surface area contributed by atoms with Gasteiger partial charge in [0.25, 0.3) is 6.43 Å². The molecule has 1 nitrogen and oxygen atoms in total. The quantitative estimate of drug-likeness (QED) is 0.559. The molecule has 0 aliphatic heterocycles. The fourth-order valence-corrected chi connectivity index (χ4v) is 2.10. The standard InChI is InChI=1S/C9H16ClF2N/c10-7-4-2-1-3-5-8(7)13-6-9(11)12/h7-9,13H,1-6H2. The molecule has 2 atom stereocenters. The molecule has 0 aromatic carbocycles. The van der Waals surface area contributed by atoms with Gasteiger partial charge in [-0.3, -0.25) is 0 Å². The molecule has 13 heavy (non-hydrogen) atoms. The Hall–Kier alpha value is 0.110. The van der Waals surface area contributed by atoms with E-state index in [2.05, 4.69) is 5.32 Å². The summed E-state index contributed by atoms with van der Waals surface area (Å²) >= 11 is 6.06. The summed E-state index contributed by atoms with van der Waals surface area (Å²) in [4.78, 5) is 0. The molecule has 0 saturated heterocycles. The molecule has 0 bridgehead atoms. The van der Waals surface area contributed by atoms with Crippen LogP contribution in [0.15, 0.2) is 0 Å². The number of nitrogens with one attached hydrogen (secondary N) is 1. The maximum atomic E-state index is 11.9. The van der Waals surface area contributed by atoms with Crippen LogP contribution in [0.5, 0.6) is 0 Å². The maximum absolute atomic E-state index is 11.9. The molecule has 1 fully saturated rings. The van der Waals surface area contributed by atoms with Crippen LogP contribution >= 0.6 is 11.6 Å². The van der Waals surface area contributed by atoms with Crippen molar-refractivity contribution in [3.8, 4) is 0 Å². The molecule has 0 spiro atoms. The van der Waals surface area contributed by atoms with Gasteiger partial charge in [0.1, 0.15) is 0 Å². The molecule has 4 heteroatoms. The largest absolute Gasteiger partial charge is 0.307 e. The van der Waals surface area contributed by atoms with E-state index in [1.165, 1.54) is 6.42 Å². The molecule has 1 saturated carbocycles. The highest BCUT2D eigenvalue weighted by Gasteiger charge is 2.21. The zero-order chi connectivity index (χ0) is 9.68. The third-order valence-corrected chi connectivity index (χ3v) is 2.99. The average Bonchev–Trinajstić information content (AvgIpc) is 2.27. The lowest BCUT2D eigenvalue weighted by Gasteiger charge is -2.20. The fraction of sp³-hybridized carbons (Fsp3) is 1.00. The van der Waals surface area contributed by atoms with Crippen molar-refractivity contribution in [1.82, 2.24) is 5.32 Å². The third kappa shape index (κ3) is 4.23. The minimum atomic E-state index is -2.27. The molecule has 2 unspecified atom stereocenters. The van der Waals surface area contributed by atoms with E-state index in [4.69, 9.17) is 11.6 Å². The van der Waals surface area contributed by atoms with Crippen molar-refractivity contribution in [3.63, 3.8) is 0 Å². The van der Waals surface area contributed by atoms with Crippen LogP contribution in [-0.2, 0) is 0 Å². The van der Waals surface area contributed by atoms with Gasteiger partial charge in [-0.05, 0) is 12.8 Å². The molecule has 0 aromatic heterocycles. The monoisotopic (exact) mass is 211 g/mol. The summed E-state index contributed by atoms with van der Waals surface area (Å²) in [5, 5.41) is 2.86. The molecule has 0 amide bonds. The second-order valence-electron chi connectivity index (χ2n) is 3.56. The zero-order valence-electron chi connectivity index (χ0n) is 7.61. The molecule has 78 valence electrons. The number of hydrogen-bond acceptors (Lipinski definition) is 1. The van der Waals surface area contributed by atoms with Crippen molar-refractivity contribution in [2.75, 3.05) is 6.54 Å². The summed E-state index contributed by atoms with van der Waals surface area (Å²) in [6, 6.07) is 0.0816. The predicted molar refractivity (Wildman–Crippen MR) is 50.5 cm³/mol. The summed E-state index contributed by atoms with van der Waals surface area (Å²) in [7, 11) is 0. The molecule has 1 rings (SSSR count). The first-order valence-corrected chi connectivity index (χ1v) is 5.29. The molecule has 0 radical (unpaired) electrons. The zero-order valence-corrected chi connectivity index (χ0v) is 8.36. The molecular formula is C9H16ClF2N.